The van der Waals surface area contributed by atoms with E-state index in [0.717, 1.165) is 22.4 Å². The van der Waals surface area contributed by atoms with Crippen LogP contribution in [0.1, 0.15) is 47.4 Å². The van der Waals surface area contributed by atoms with Crippen LogP contribution in [0.3, 0.4) is 0 Å². The molecule has 2 aromatic carbocycles. The Morgan fingerprint density at radius 2 is 1.45 bits per heavy atom. The monoisotopic (exact) mass is 288 g/mol. The topological polar surface area (TPSA) is 9.23 Å². The molecule has 0 amide bonds. The average Bonchev–Trinajstić information content (AvgIpc) is 2.47. The summed E-state index contributed by atoms with van der Waals surface area (Å²) < 4.78 is 5.36. The van der Waals surface area contributed by atoms with Gasteiger partial charge in [0.15, 0.2) is 0 Å². The Labute approximate surface area is 126 Å². The Balaban J connectivity index is 2.28. The second-order valence-corrected chi connectivity index (χ2v) is 5.85. The zero-order valence-electron chi connectivity index (χ0n) is 12.5. The van der Waals surface area contributed by atoms with Crippen molar-refractivity contribution in [3.63, 3.8) is 0 Å². The molecule has 2 heteroatoms. The summed E-state index contributed by atoms with van der Waals surface area (Å²) >= 11 is 6.59. The molecule has 0 bridgehead atoms. The highest BCUT2D eigenvalue weighted by molar-refractivity contribution is 6.22. The van der Waals surface area contributed by atoms with Crippen molar-refractivity contribution in [2.24, 2.45) is 0 Å². The Bertz CT molecular complexity index is 572. The number of hydrogen-bond acceptors (Lipinski definition) is 1. The van der Waals surface area contributed by atoms with Gasteiger partial charge in [-0.1, -0.05) is 50.2 Å². The smallest absolute Gasteiger partial charge is 0.122 e. The first-order valence-corrected chi connectivity index (χ1v) is 7.35. The first-order chi connectivity index (χ1) is 9.52. The summed E-state index contributed by atoms with van der Waals surface area (Å²) in [7, 11) is 1.69. The van der Waals surface area contributed by atoms with Gasteiger partial charge in [-0.05, 0) is 41.2 Å². The standard InChI is InChI=1S/C18H21ClO/c1-12(2)14-7-9-15(10-8-14)18(19)16-6-5-13(3)17(11-16)20-4/h5-12,18H,1-4H3. The molecule has 0 aliphatic carbocycles. The summed E-state index contributed by atoms with van der Waals surface area (Å²) in [6, 6.07) is 14.7. The van der Waals surface area contributed by atoms with Crippen LogP contribution in [0, 0.1) is 6.92 Å². The molecule has 1 unspecified atom stereocenters. The highest BCUT2D eigenvalue weighted by Crippen LogP contribution is 2.32. The zero-order valence-corrected chi connectivity index (χ0v) is 13.2. The molecule has 0 fully saturated rings. The Hall–Kier alpha value is -1.47. The predicted octanol–water partition coefficient (Wildman–Crippen LogP) is 5.46. The number of benzene rings is 2. The van der Waals surface area contributed by atoms with Crippen LogP contribution in [-0.4, -0.2) is 7.11 Å². The normalized spacial score (nSPS) is 12.5. The fourth-order valence-corrected chi connectivity index (χ4v) is 2.52. The van der Waals surface area contributed by atoms with Crippen LogP contribution < -0.4 is 4.74 Å². The summed E-state index contributed by atoms with van der Waals surface area (Å²) in [6.07, 6.45) is 0. The average molecular weight is 289 g/mol. The molecule has 1 nitrogen and oxygen atoms in total. The largest absolute Gasteiger partial charge is 0.496 e. The van der Waals surface area contributed by atoms with Crippen LogP contribution in [0.4, 0.5) is 0 Å². The van der Waals surface area contributed by atoms with E-state index in [1.807, 2.05) is 19.1 Å². The summed E-state index contributed by atoms with van der Waals surface area (Å²) in [4.78, 5) is 0. The fourth-order valence-electron chi connectivity index (χ4n) is 2.24. The summed E-state index contributed by atoms with van der Waals surface area (Å²) in [5, 5.41) is -0.147. The van der Waals surface area contributed by atoms with Gasteiger partial charge in [0.2, 0.25) is 0 Å². The van der Waals surface area contributed by atoms with Gasteiger partial charge in [0.25, 0.3) is 0 Å². The van der Waals surface area contributed by atoms with Gasteiger partial charge in [-0.3, -0.25) is 0 Å². The van der Waals surface area contributed by atoms with Crippen molar-refractivity contribution in [3.8, 4) is 5.75 Å². The van der Waals surface area contributed by atoms with Crippen LogP contribution in [0.2, 0.25) is 0 Å². The SMILES string of the molecule is COc1cc(C(Cl)c2ccc(C(C)C)cc2)ccc1C. The molecule has 0 aliphatic rings. The van der Waals surface area contributed by atoms with Gasteiger partial charge in [0, 0.05) is 0 Å². The van der Waals surface area contributed by atoms with Gasteiger partial charge in [0.1, 0.15) is 5.75 Å². The van der Waals surface area contributed by atoms with Crippen LogP contribution in [0.15, 0.2) is 42.5 Å². The van der Waals surface area contributed by atoms with Gasteiger partial charge in [-0.2, -0.15) is 0 Å². The molecular formula is C18H21ClO. The molecule has 1 atom stereocenters. The van der Waals surface area contributed by atoms with E-state index >= 15 is 0 Å². The first kappa shape index (κ1) is 14.9. The second-order valence-electron chi connectivity index (χ2n) is 5.41. The highest BCUT2D eigenvalue weighted by Gasteiger charge is 2.13. The lowest BCUT2D eigenvalue weighted by Gasteiger charge is -2.14. The first-order valence-electron chi connectivity index (χ1n) is 6.91. The Morgan fingerprint density at radius 3 is 2.00 bits per heavy atom. The number of rotatable bonds is 4. The molecule has 0 spiro atoms. The quantitative estimate of drug-likeness (QED) is 0.679. The van der Waals surface area contributed by atoms with Crippen molar-refractivity contribution in [2.45, 2.75) is 32.1 Å². The summed E-state index contributed by atoms with van der Waals surface area (Å²) in [6.45, 7) is 6.42. The Morgan fingerprint density at radius 1 is 0.900 bits per heavy atom. The van der Waals surface area contributed by atoms with Crippen molar-refractivity contribution < 1.29 is 4.74 Å². The molecule has 0 saturated carbocycles. The van der Waals surface area contributed by atoms with Crippen LogP contribution in [-0.2, 0) is 0 Å². The molecule has 0 radical (unpaired) electrons. The van der Waals surface area contributed by atoms with Crippen molar-refractivity contribution in [1.29, 1.82) is 0 Å². The van der Waals surface area contributed by atoms with Gasteiger partial charge in [-0.25, -0.2) is 0 Å². The summed E-state index contributed by atoms with van der Waals surface area (Å²) in [5.41, 5.74) is 4.63. The summed E-state index contributed by atoms with van der Waals surface area (Å²) in [5.74, 6) is 1.42. The maximum atomic E-state index is 6.59. The van der Waals surface area contributed by atoms with Crippen molar-refractivity contribution in [1.82, 2.24) is 0 Å². The van der Waals surface area contributed by atoms with Gasteiger partial charge in [-0.15, -0.1) is 11.6 Å². The molecular weight excluding hydrogens is 268 g/mol. The van der Waals surface area contributed by atoms with E-state index < -0.39 is 0 Å². The van der Waals surface area contributed by atoms with Crippen LogP contribution in [0.25, 0.3) is 0 Å². The number of methoxy groups -OCH3 is 1. The molecule has 20 heavy (non-hydrogen) atoms. The lowest BCUT2D eigenvalue weighted by atomic mass is 9.98. The second kappa shape index (κ2) is 6.32. The molecule has 106 valence electrons. The molecule has 0 aromatic heterocycles. The molecule has 0 N–H and O–H groups in total. The third-order valence-corrected chi connectivity index (χ3v) is 4.12. The van der Waals surface area contributed by atoms with Crippen LogP contribution >= 0.6 is 11.6 Å². The van der Waals surface area contributed by atoms with Gasteiger partial charge in [0.05, 0.1) is 12.5 Å². The fraction of sp³-hybridized carbons (Fsp3) is 0.333. The lowest BCUT2D eigenvalue weighted by molar-refractivity contribution is 0.411. The zero-order chi connectivity index (χ0) is 14.7. The number of halogens is 1. The third kappa shape index (κ3) is 3.16. The molecule has 0 heterocycles. The van der Waals surface area contributed by atoms with E-state index in [9.17, 15) is 0 Å². The lowest BCUT2D eigenvalue weighted by Crippen LogP contribution is -1.96. The van der Waals surface area contributed by atoms with Crippen molar-refractivity contribution >= 4 is 11.6 Å². The van der Waals surface area contributed by atoms with E-state index in [1.54, 1.807) is 7.11 Å². The minimum absolute atomic E-state index is 0.147. The van der Waals surface area contributed by atoms with Crippen molar-refractivity contribution in [2.75, 3.05) is 7.11 Å². The predicted molar refractivity (Wildman–Crippen MR) is 86.0 cm³/mol. The van der Waals surface area contributed by atoms with Crippen LogP contribution in [0.5, 0.6) is 5.75 Å². The van der Waals surface area contributed by atoms with E-state index in [2.05, 4.69) is 44.2 Å². The number of hydrogen-bond donors (Lipinski definition) is 0. The maximum Gasteiger partial charge on any atom is 0.122 e. The van der Waals surface area contributed by atoms with Gasteiger partial charge >= 0.3 is 0 Å². The molecule has 0 saturated heterocycles. The minimum atomic E-state index is -0.147. The minimum Gasteiger partial charge on any atom is -0.496 e. The van der Waals surface area contributed by atoms with E-state index in [1.165, 1.54) is 5.56 Å². The molecule has 2 rings (SSSR count). The highest BCUT2D eigenvalue weighted by atomic mass is 35.5. The maximum absolute atomic E-state index is 6.59. The van der Waals surface area contributed by atoms with E-state index in [-0.39, 0.29) is 5.38 Å². The number of aryl methyl sites for hydroxylation is 1. The Kier molecular flexibility index (Phi) is 4.72. The molecule has 2 aromatic rings. The van der Waals surface area contributed by atoms with Gasteiger partial charge < -0.3 is 4.74 Å². The van der Waals surface area contributed by atoms with Crippen molar-refractivity contribution in [3.05, 3.63) is 64.7 Å². The van der Waals surface area contributed by atoms with E-state index in [0.29, 0.717) is 5.92 Å². The third-order valence-electron chi connectivity index (χ3n) is 3.62. The number of alkyl halides is 1. The number of ether oxygens (including phenoxy) is 1. The molecule has 0 aliphatic heterocycles. The van der Waals surface area contributed by atoms with E-state index in [4.69, 9.17) is 16.3 Å².